The van der Waals surface area contributed by atoms with Crippen molar-refractivity contribution in [2.75, 3.05) is 10.5 Å². The van der Waals surface area contributed by atoms with E-state index in [1.54, 1.807) is 65.2 Å². The molecule has 0 saturated carbocycles. The summed E-state index contributed by atoms with van der Waals surface area (Å²) in [6.07, 6.45) is 0. The van der Waals surface area contributed by atoms with E-state index >= 15 is 0 Å². The molecule has 3 N–H and O–H groups in total. The minimum Gasteiger partial charge on any atom is -0.280 e. The lowest BCUT2D eigenvalue weighted by molar-refractivity contribution is -0.119. The monoisotopic (exact) mass is 650 g/mol. The Kier molecular flexibility index (Phi) is 9.28. The van der Waals surface area contributed by atoms with Gasteiger partial charge in [0.1, 0.15) is 5.82 Å². The van der Waals surface area contributed by atoms with Crippen molar-refractivity contribution < 1.29 is 22.4 Å². The van der Waals surface area contributed by atoms with Crippen molar-refractivity contribution in [1.82, 2.24) is 25.6 Å². The Labute approximate surface area is 261 Å². The summed E-state index contributed by atoms with van der Waals surface area (Å²) in [5.74, 6) is -1.19. The fourth-order valence-corrected chi connectivity index (χ4v) is 5.89. The highest BCUT2D eigenvalue weighted by Gasteiger charge is 2.19. The second kappa shape index (κ2) is 13.3. The van der Waals surface area contributed by atoms with Crippen LogP contribution in [0.25, 0.3) is 17.1 Å². The Morgan fingerprint density at radius 3 is 2.18 bits per heavy atom. The van der Waals surface area contributed by atoms with Crippen molar-refractivity contribution in [3.8, 4) is 17.1 Å². The molecule has 224 valence electrons. The number of sulfonamides is 1. The van der Waals surface area contributed by atoms with Gasteiger partial charge in [0.2, 0.25) is 5.91 Å². The Balaban J connectivity index is 1.32. The molecule has 0 aliphatic carbocycles. The third kappa shape index (κ3) is 7.43. The van der Waals surface area contributed by atoms with Crippen LogP contribution in [0.3, 0.4) is 0 Å². The average Bonchev–Trinajstić information content (AvgIpc) is 3.44. The average molecular weight is 651 g/mol. The maximum absolute atomic E-state index is 13.7. The molecule has 0 aliphatic rings. The Hall–Kier alpha value is -4.72. The van der Waals surface area contributed by atoms with Gasteiger partial charge in [-0.15, -0.1) is 10.2 Å². The Bertz CT molecular complexity index is 1900. The molecule has 4 aromatic carbocycles. The first-order chi connectivity index (χ1) is 21.1. The van der Waals surface area contributed by atoms with E-state index in [0.29, 0.717) is 38.5 Å². The highest BCUT2D eigenvalue weighted by molar-refractivity contribution is 7.99. The van der Waals surface area contributed by atoms with Gasteiger partial charge in [-0.05, 0) is 91.9 Å². The molecule has 2 amide bonds. The van der Waals surface area contributed by atoms with Gasteiger partial charge in [0, 0.05) is 27.5 Å². The molecule has 0 saturated heterocycles. The minimum atomic E-state index is -3.79. The molecule has 10 nitrogen and oxygen atoms in total. The molecule has 1 heterocycles. The molecule has 5 aromatic rings. The normalized spacial score (nSPS) is 11.2. The number of hydrazine groups is 1. The molecule has 1 aromatic heterocycles. The van der Waals surface area contributed by atoms with Crippen LogP contribution in [0.4, 0.5) is 10.1 Å². The zero-order valence-corrected chi connectivity index (χ0v) is 25.4. The van der Waals surface area contributed by atoms with Gasteiger partial charge in [0.05, 0.1) is 10.6 Å². The zero-order chi connectivity index (χ0) is 31.3. The quantitative estimate of drug-likeness (QED) is 0.144. The lowest BCUT2D eigenvalue weighted by atomic mass is 10.2. The number of benzene rings is 4. The number of hydrogen-bond donors (Lipinski definition) is 3. The van der Waals surface area contributed by atoms with E-state index in [-0.39, 0.29) is 10.6 Å². The van der Waals surface area contributed by atoms with E-state index in [2.05, 4.69) is 25.8 Å². The summed E-state index contributed by atoms with van der Waals surface area (Å²) < 4.78 is 43.5. The molecule has 0 bridgehead atoms. The van der Waals surface area contributed by atoms with Crippen LogP contribution in [0.2, 0.25) is 5.02 Å². The first kappa shape index (κ1) is 30.7. The molecule has 5 rings (SSSR count). The van der Waals surface area contributed by atoms with Gasteiger partial charge in [0.15, 0.2) is 11.0 Å². The minimum absolute atomic E-state index is 0.125. The Morgan fingerprint density at radius 2 is 1.52 bits per heavy atom. The van der Waals surface area contributed by atoms with Gasteiger partial charge in [-0.2, -0.15) is 0 Å². The number of hydrogen-bond acceptors (Lipinski definition) is 7. The summed E-state index contributed by atoms with van der Waals surface area (Å²) in [7, 11) is -3.79. The van der Waals surface area contributed by atoms with Gasteiger partial charge < -0.3 is 0 Å². The van der Waals surface area contributed by atoms with E-state index in [4.69, 9.17) is 11.6 Å². The molecule has 44 heavy (non-hydrogen) atoms. The van der Waals surface area contributed by atoms with E-state index in [1.807, 2.05) is 6.92 Å². The fourth-order valence-electron chi connectivity index (χ4n) is 3.96. The SMILES string of the molecule is Cc1ccc(S(=O)(=O)Nc2ccc(-c3nnc(SCC(=O)NNC(=O)c4ccc(Cl)cc4)n3-c3ccc(F)cc3)cc2)cc1. The fraction of sp³-hybridized carbons (Fsp3) is 0.0667. The van der Waals surface area contributed by atoms with Crippen molar-refractivity contribution in [3.05, 3.63) is 119 Å². The zero-order valence-electron chi connectivity index (χ0n) is 23.0. The number of carbonyl (C=O) groups is 2. The molecule has 0 aliphatic heterocycles. The number of aromatic nitrogens is 3. The predicted molar refractivity (Wildman–Crippen MR) is 167 cm³/mol. The van der Waals surface area contributed by atoms with Crippen molar-refractivity contribution in [2.45, 2.75) is 17.0 Å². The number of aryl methyl sites for hydroxylation is 1. The second-order valence-electron chi connectivity index (χ2n) is 9.41. The van der Waals surface area contributed by atoms with Gasteiger partial charge in [-0.1, -0.05) is 41.1 Å². The predicted octanol–water partition coefficient (Wildman–Crippen LogP) is 5.39. The third-order valence-electron chi connectivity index (χ3n) is 6.20. The molecule has 0 fully saturated rings. The van der Waals surface area contributed by atoms with Crippen LogP contribution in [0, 0.1) is 12.7 Å². The van der Waals surface area contributed by atoms with Crippen LogP contribution >= 0.6 is 23.4 Å². The summed E-state index contributed by atoms with van der Waals surface area (Å²) in [6.45, 7) is 1.87. The number of rotatable bonds is 9. The third-order valence-corrected chi connectivity index (χ3v) is 8.78. The molecule has 0 spiro atoms. The number of halogens is 2. The summed E-state index contributed by atoms with van der Waals surface area (Å²) in [5, 5.41) is 9.33. The largest absolute Gasteiger partial charge is 0.280 e. The maximum Gasteiger partial charge on any atom is 0.269 e. The first-order valence-electron chi connectivity index (χ1n) is 13.0. The second-order valence-corrected chi connectivity index (χ2v) is 12.5. The van der Waals surface area contributed by atoms with Gasteiger partial charge >= 0.3 is 0 Å². The summed E-state index contributed by atoms with van der Waals surface area (Å²) >= 11 is 6.90. The number of thioether (sulfide) groups is 1. The molecule has 0 atom stereocenters. The van der Waals surface area contributed by atoms with Crippen LogP contribution in [0.1, 0.15) is 15.9 Å². The van der Waals surface area contributed by atoms with Crippen LogP contribution in [0.5, 0.6) is 0 Å². The lowest BCUT2D eigenvalue weighted by Crippen LogP contribution is -2.42. The van der Waals surface area contributed by atoms with E-state index < -0.39 is 27.7 Å². The van der Waals surface area contributed by atoms with E-state index in [1.165, 1.54) is 36.4 Å². The lowest BCUT2D eigenvalue weighted by Gasteiger charge is -2.12. The topological polar surface area (TPSA) is 135 Å². The van der Waals surface area contributed by atoms with Crippen molar-refractivity contribution in [3.63, 3.8) is 0 Å². The summed E-state index contributed by atoms with van der Waals surface area (Å²) in [4.78, 5) is 24.9. The standard InChI is InChI=1S/C30H24ClFN6O4S2/c1-19-2-16-26(17-3-19)44(41,42)37-24-12-6-20(7-13-24)28-34-36-30(38(28)25-14-10-23(32)11-15-25)43-18-27(39)33-35-29(40)21-4-8-22(31)9-5-21/h2-17,37H,18H2,1H3,(H,33,39)(H,35,40). The van der Waals surface area contributed by atoms with E-state index in [9.17, 15) is 22.4 Å². The number of nitrogens with zero attached hydrogens (tertiary/aromatic N) is 3. The highest BCUT2D eigenvalue weighted by Crippen LogP contribution is 2.29. The first-order valence-corrected chi connectivity index (χ1v) is 15.8. The van der Waals surface area contributed by atoms with Crippen molar-refractivity contribution >= 4 is 50.9 Å². The number of anilines is 1. The van der Waals surface area contributed by atoms with Crippen molar-refractivity contribution in [2.24, 2.45) is 0 Å². The molecular weight excluding hydrogens is 627 g/mol. The number of nitrogens with one attached hydrogen (secondary N) is 3. The number of carbonyl (C=O) groups excluding carboxylic acids is 2. The maximum atomic E-state index is 13.7. The molecular formula is C30H24ClFN6O4S2. The Morgan fingerprint density at radius 1 is 0.864 bits per heavy atom. The summed E-state index contributed by atoms with van der Waals surface area (Å²) in [6, 6.07) is 24.9. The van der Waals surface area contributed by atoms with Gasteiger partial charge in [-0.25, -0.2) is 12.8 Å². The summed E-state index contributed by atoms with van der Waals surface area (Å²) in [5.41, 5.74) is 7.43. The van der Waals surface area contributed by atoms with Crippen LogP contribution in [-0.4, -0.2) is 40.7 Å². The van der Waals surface area contributed by atoms with Crippen molar-refractivity contribution in [1.29, 1.82) is 0 Å². The molecule has 0 unspecified atom stereocenters. The molecule has 0 radical (unpaired) electrons. The van der Waals surface area contributed by atoms with Gasteiger partial charge in [-0.3, -0.25) is 29.7 Å². The van der Waals surface area contributed by atoms with Gasteiger partial charge in [0.25, 0.3) is 15.9 Å². The molecule has 14 heteroatoms. The number of amides is 2. The van der Waals surface area contributed by atoms with Crippen LogP contribution in [0.15, 0.2) is 107 Å². The van der Waals surface area contributed by atoms with Crippen LogP contribution < -0.4 is 15.6 Å². The highest BCUT2D eigenvalue weighted by atomic mass is 35.5. The smallest absolute Gasteiger partial charge is 0.269 e. The van der Waals surface area contributed by atoms with E-state index in [0.717, 1.165) is 17.3 Å². The van der Waals surface area contributed by atoms with Crippen LogP contribution in [-0.2, 0) is 14.8 Å².